The van der Waals surface area contributed by atoms with Gasteiger partial charge in [-0.25, -0.2) is 0 Å². The van der Waals surface area contributed by atoms with Crippen LogP contribution in [0.2, 0.25) is 0 Å². The number of rotatable bonds is 8. The first-order valence-electron chi connectivity index (χ1n) is 10.1. The molecule has 0 bridgehead atoms. The Labute approximate surface area is 167 Å². The number of aromatic hydroxyl groups is 1. The lowest BCUT2D eigenvalue weighted by molar-refractivity contribution is -0.115. The number of phenolic OH excluding ortho intramolecular Hbond substituents is 1. The number of carbonyl (C=O) groups is 1. The highest BCUT2D eigenvalue weighted by atomic mass is 16.5. The highest BCUT2D eigenvalue weighted by Crippen LogP contribution is 2.33. The van der Waals surface area contributed by atoms with Crippen LogP contribution in [-0.4, -0.2) is 31.2 Å². The van der Waals surface area contributed by atoms with E-state index in [1.54, 1.807) is 6.07 Å². The third-order valence-corrected chi connectivity index (χ3v) is 5.39. The molecular weight excluding hydrogens is 352 g/mol. The van der Waals surface area contributed by atoms with Gasteiger partial charge in [-0.3, -0.25) is 4.79 Å². The SMILES string of the molecule is COc1cc(CCNCC(=O)Nc2ccc(C3CCCCC3)cc2)ccc1O. The van der Waals surface area contributed by atoms with Gasteiger partial charge in [0.1, 0.15) is 0 Å². The second-order valence-corrected chi connectivity index (χ2v) is 7.44. The summed E-state index contributed by atoms with van der Waals surface area (Å²) in [4.78, 5) is 12.1. The highest BCUT2D eigenvalue weighted by Gasteiger charge is 2.15. The van der Waals surface area contributed by atoms with Crippen molar-refractivity contribution in [3.8, 4) is 11.5 Å². The molecule has 1 aliphatic rings. The minimum absolute atomic E-state index is 0.0475. The van der Waals surface area contributed by atoms with E-state index in [1.807, 2.05) is 24.3 Å². The number of ether oxygens (including phenoxy) is 1. The summed E-state index contributed by atoms with van der Waals surface area (Å²) < 4.78 is 5.11. The zero-order valence-electron chi connectivity index (χ0n) is 16.5. The van der Waals surface area contributed by atoms with Crippen molar-refractivity contribution in [3.63, 3.8) is 0 Å². The zero-order chi connectivity index (χ0) is 19.8. The summed E-state index contributed by atoms with van der Waals surface area (Å²) in [6.07, 6.45) is 7.32. The van der Waals surface area contributed by atoms with E-state index in [0.29, 0.717) is 18.2 Å². The summed E-state index contributed by atoms with van der Waals surface area (Å²) in [6.45, 7) is 0.932. The van der Waals surface area contributed by atoms with Crippen LogP contribution in [0, 0.1) is 0 Å². The van der Waals surface area contributed by atoms with Gasteiger partial charge in [0.25, 0.3) is 0 Å². The van der Waals surface area contributed by atoms with E-state index < -0.39 is 0 Å². The van der Waals surface area contributed by atoms with E-state index >= 15 is 0 Å². The molecule has 5 nitrogen and oxygen atoms in total. The van der Waals surface area contributed by atoms with Gasteiger partial charge in [0.2, 0.25) is 5.91 Å². The number of amides is 1. The Morgan fingerprint density at radius 1 is 1.11 bits per heavy atom. The molecule has 0 unspecified atom stereocenters. The van der Waals surface area contributed by atoms with Crippen LogP contribution in [0.15, 0.2) is 42.5 Å². The predicted octanol–water partition coefficient (Wildman–Crippen LogP) is 4.22. The maximum atomic E-state index is 12.1. The van der Waals surface area contributed by atoms with Crippen molar-refractivity contribution in [1.29, 1.82) is 0 Å². The van der Waals surface area contributed by atoms with Gasteiger partial charge in [-0.05, 0) is 67.1 Å². The van der Waals surface area contributed by atoms with Crippen molar-refractivity contribution >= 4 is 11.6 Å². The molecule has 150 valence electrons. The van der Waals surface area contributed by atoms with Gasteiger partial charge >= 0.3 is 0 Å². The van der Waals surface area contributed by atoms with Crippen LogP contribution in [0.25, 0.3) is 0 Å². The number of benzene rings is 2. The maximum absolute atomic E-state index is 12.1. The molecule has 2 aromatic rings. The fourth-order valence-electron chi connectivity index (χ4n) is 3.79. The van der Waals surface area contributed by atoms with Gasteiger partial charge in [0, 0.05) is 5.69 Å². The predicted molar refractivity (Wildman–Crippen MR) is 112 cm³/mol. The fourth-order valence-corrected chi connectivity index (χ4v) is 3.79. The second kappa shape index (κ2) is 10.1. The number of methoxy groups -OCH3 is 1. The lowest BCUT2D eigenvalue weighted by atomic mass is 9.84. The van der Waals surface area contributed by atoms with Crippen molar-refractivity contribution in [1.82, 2.24) is 5.32 Å². The smallest absolute Gasteiger partial charge is 0.238 e. The standard InChI is InChI=1S/C23H30N2O3/c1-28-22-15-17(7-12-21(22)26)13-14-24-16-23(27)25-20-10-8-19(9-11-20)18-5-3-2-4-6-18/h7-12,15,18,24,26H,2-6,13-14,16H2,1H3,(H,25,27). The second-order valence-electron chi connectivity index (χ2n) is 7.44. The van der Waals surface area contributed by atoms with E-state index in [-0.39, 0.29) is 18.2 Å². The fraction of sp³-hybridized carbons (Fsp3) is 0.435. The van der Waals surface area contributed by atoms with Crippen LogP contribution >= 0.6 is 0 Å². The number of hydrogen-bond donors (Lipinski definition) is 3. The molecule has 1 aliphatic carbocycles. The molecular formula is C23H30N2O3. The molecule has 3 N–H and O–H groups in total. The first-order valence-corrected chi connectivity index (χ1v) is 10.1. The average molecular weight is 383 g/mol. The minimum atomic E-state index is -0.0475. The van der Waals surface area contributed by atoms with Crippen LogP contribution in [0.3, 0.4) is 0 Å². The molecule has 0 atom stereocenters. The summed E-state index contributed by atoms with van der Waals surface area (Å²) in [6, 6.07) is 13.6. The summed E-state index contributed by atoms with van der Waals surface area (Å²) in [7, 11) is 1.53. The molecule has 3 rings (SSSR count). The monoisotopic (exact) mass is 382 g/mol. The molecule has 0 spiro atoms. The molecule has 5 heteroatoms. The van der Waals surface area contributed by atoms with E-state index in [0.717, 1.165) is 17.7 Å². The van der Waals surface area contributed by atoms with Gasteiger partial charge in [0.15, 0.2) is 11.5 Å². The lowest BCUT2D eigenvalue weighted by Gasteiger charge is -2.22. The highest BCUT2D eigenvalue weighted by molar-refractivity contribution is 5.92. The molecule has 0 aliphatic heterocycles. The Morgan fingerprint density at radius 3 is 2.57 bits per heavy atom. The minimum Gasteiger partial charge on any atom is -0.504 e. The van der Waals surface area contributed by atoms with Crippen molar-refractivity contribution in [2.45, 2.75) is 44.4 Å². The van der Waals surface area contributed by atoms with E-state index in [2.05, 4.69) is 22.8 Å². The van der Waals surface area contributed by atoms with E-state index in [1.165, 1.54) is 44.8 Å². The van der Waals surface area contributed by atoms with Crippen molar-refractivity contribution in [3.05, 3.63) is 53.6 Å². The van der Waals surface area contributed by atoms with E-state index in [9.17, 15) is 9.90 Å². The Bertz CT molecular complexity index is 768. The molecule has 0 radical (unpaired) electrons. The summed E-state index contributed by atoms with van der Waals surface area (Å²) in [5.74, 6) is 1.23. The van der Waals surface area contributed by atoms with Crippen molar-refractivity contribution in [2.75, 3.05) is 25.5 Å². The Morgan fingerprint density at radius 2 is 1.86 bits per heavy atom. The zero-order valence-corrected chi connectivity index (χ0v) is 16.5. The van der Waals surface area contributed by atoms with Crippen LogP contribution < -0.4 is 15.4 Å². The first-order chi connectivity index (χ1) is 13.7. The van der Waals surface area contributed by atoms with Crippen molar-refractivity contribution < 1.29 is 14.6 Å². The Kier molecular flexibility index (Phi) is 7.31. The summed E-state index contributed by atoms with van der Waals surface area (Å²) in [5.41, 5.74) is 3.27. The van der Waals surface area contributed by atoms with Crippen LogP contribution in [0.4, 0.5) is 5.69 Å². The first kappa shape index (κ1) is 20.2. The van der Waals surface area contributed by atoms with Gasteiger partial charge in [-0.15, -0.1) is 0 Å². The molecule has 1 fully saturated rings. The van der Waals surface area contributed by atoms with Gasteiger partial charge in [-0.2, -0.15) is 0 Å². The van der Waals surface area contributed by atoms with Gasteiger partial charge < -0.3 is 20.5 Å². The molecule has 28 heavy (non-hydrogen) atoms. The molecule has 0 aromatic heterocycles. The summed E-state index contributed by atoms with van der Waals surface area (Å²) >= 11 is 0. The van der Waals surface area contributed by atoms with Gasteiger partial charge in [0.05, 0.1) is 13.7 Å². The third kappa shape index (κ3) is 5.73. The average Bonchev–Trinajstić information content (AvgIpc) is 2.73. The Hall–Kier alpha value is -2.53. The number of hydrogen-bond acceptors (Lipinski definition) is 4. The molecule has 0 saturated heterocycles. The molecule has 1 amide bonds. The molecule has 2 aromatic carbocycles. The lowest BCUT2D eigenvalue weighted by Crippen LogP contribution is -2.29. The van der Waals surface area contributed by atoms with Gasteiger partial charge in [-0.1, -0.05) is 37.5 Å². The molecule has 0 heterocycles. The van der Waals surface area contributed by atoms with Crippen LogP contribution in [0.1, 0.15) is 49.1 Å². The largest absolute Gasteiger partial charge is 0.504 e. The number of phenols is 1. The third-order valence-electron chi connectivity index (χ3n) is 5.39. The normalized spacial score (nSPS) is 14.6. The van der Waals surface area contributed by atoms with Crippen LogP contribution in [-0.2, 0) is 11.2 Å². The van der Waals surface area contributed by atoms with Crippen molar-refractivity contribution in [2.24, 2.45) is 0 Å². The summed E-state index contributed by atoms with van der Waals surface area (Å²) in [5, 5.41) is 15.7. The number of nitrogens with one attached hydrogen (secondary N) is 2. The maximum Gasteiger partial charge on any atom is 0.238 e. The topological polar surface area (TPSA) is 70.6 Å². The van der Waals surface area contributed by atoms with Crippen LogP contribution in [0.5, 0.6) is 11.5 Å². The Balaban J connectivity index is 1.39. The van der Waals surface area contributed by atoms with E-state index in [4.69, 9.17) is 4.74 Å². The quantitative estimate of drug-likeness (QED) is 0.598. The number of anilines is 1. The number of carbonyl (C=O) groups excluding carboxylic acids is 1. The molecule has 1 saturated carbocycles.